The Morgan fingerprint density at radius 3 is 2.50 bits per heavy atom. The molecular weight excluding hydrogens is 298 g/mol. The number of benzene rings is 1. The Morgan fingerprint density at radius 1 is 1.09 bits per heavy atom. The Labute approximate surface area is 136 Å². The summed E-state index contributed by atoms with van der Waals surface area (Å²) in [5.41, 5.74) is 1.96. The van der Waals surface area contributed by atoms with Crippen LogP contribution < -0.4 is 10.6 Å². The first-order chi connectivity index (χ1) is 10.4. The minimum Gasteiger partial charge on any atom is -0.369 e. The third-order valence-electron chi connectivity index (χ3n) is 3.15. The molecule has 0 bridgehead atoms. The van der Waals surface area contributed by atoms with Crippen LogP contribution >= 0.6 is 11.6 Å². The number of hydrogen-bond donors (Lipinski definition) is 2. The Morgan fingerprint density at radius 2 is 1.82 bits per heavy atom. The third kappa shape index (κ3) is 4.86. The predicted octanol–water partition coefficient (Wildman–Crippen LogP) is 3.46. The van der Waals surface area contributed by atoms with Crippen LogP contribution in [0.1, 0.15) is 11.4 Å². The molecule has 2 rings (SSSR count). The van der Waals surface area contributed by atoms with Crippen molar-refractivity contribution < 1.29 is 0 Å². The van der Waals surface area contributed by atoms with E-state index in [1.54, 1.807) is 0 Å². The van der Waals surface area contributed by atoms with Crippen LogP contribution in [-0.4, -0.2) is 42.1 Å². The smallest absolute Gasteiger partial charge is 0.136 e. The van der Waals surface area contributed by atoms with Gasteiger partial charge < -0.3 is 15.5 Å². The van der Waals surface area contributed by atoms with Crippen molar-refractivity contribution in [2.24, 2.45) is 0 Å². The number of nitrogens with one attached hydrogen (secondary N) is 2. The predicted molar refractivity (Wildman–Crippen MR) is 93.3 cm³/mol. The molecule has 1 heterocycles. The maximum Gasteiger partial charge on any atom is 0.136 e. The molecular formula is C16H22ClN5. The van der Waals surface area contributed by atoms with Crippen molar-refractivity contribution in [3.63, 3.8) is 0 Å². The molecule has 2 aromatic rings. The molecule has 0 amide bonds. The maximum absolute atomic E-state index is 6.15. The van der Waals surface area contributed by atoms with Gasteiger partial charge in [-0.3, -0.25) is 0 Å². The minimum atomic E-state index is 0.718. The molecule has 6 heteroatoms. The van der Waals surface area contributed by atoms with Crippen molar-refractivity contribution in [2.75, 3.05) is 37.8 Å². The van der Waals surface area contributed by atoms with Crippen LogP contribution in [0.5, 0.6) is 0 Å². The lowest BCUT2D eigenvalue weighted by molar-refractivity contribution is 0.425. The second-order valence-corrected chi connectivity index (χ2v) is 5.91. The number of hydrogen-bond acceptors (Lipinski definition) is 5. The summed E-state index contributed by atoms with van der Waals surface area (Å²) in [6, 6.07) is 7.76. The molecule has 0 spiro atoms. The van der Waals surface area contributed by atoms with Crippen LogP contribution in [0.3, 0.4) is 0 Å². The van der Waals surface area contributed by atoms with E-state index >= 15 is 0 Å². The van der Waals surface area contributed by atoms with E-state index < -0.39 is 0 Å². The summed E-state index contributed by atoms with van der Waals surface area (Å²) in [7, 11) is 4.09. The monoisotopic (exact) mass is 319 g/mol. The molecule has 0 unspecified atom stereocenters. The van der Waals surface area contributed by atoms with Gasteiger partial charge in [0.1, 0.15) is 17.5 Å². The average molecular weight is 320 g/mol. The lowest BCUT2D eigenvalue weighted by Crippen LogP contribution is -2.21. The first-order valence-corrected chi connectivity index (χ1v) is 7.59. The van der Waals surface area contributed by atoms with Crippen molar-refractivity contribution in [3.8, 4) is 0 Å². The molecule has 0 aliphatic heterocycles. The van der Waals surface area contributed by atoms with Gasteiger partial charge >= 0.3 is 0 Å². The molecule has 0 fully saturated rings. The van der Waals surface area contributed by atoms with Gasteiger partial charge in [-0.2, -0.15) is 0 Å². The van der Waals surface area contributed by atoms with E-state index in [-0.39, 0.29) is 0 Å². The average Bonchev–Trinajstić information content (AvgIpc) is 2.42. The molecule has 0 atom stereocenters. The zero-order valence-electron chi connectivity index (χ0n) is 13.4. The van der Waals surface area contributed by atoms with Gasteiger partial charge in [-0.05, 0) is 45.6 Å². The molecule has 0 radical (unpaired) electrons. The Bertz CT molecular complexity index is 642. The summed E-state index contributed by atoms with van der Waals surface area (Å²) in [6.07, 6.45) is 0. The van der Waals surface area contributed by atoms with Crippen LogP contribution in [-0.2, 0) is 0 Å². The van der Waals surface area contributed by atoms with E-state index in [0.29, 0.717) is 0 Å². The molecule has 0 saturated carbocycles. The minimum absolute atomic E-state index is 0.718. The van der Waals surface area contributed by atoms with E-state index in [4.69, 9.17) is 11.6 Å². The summed E-state index contributed by atoms with van der Waals surface area (Å²) in [6.45, 7) is 5.64. The fourth-order valence-electron chi connectivity index (χ4n) is 1.95. The third-order valence-corrected chi connectivity index (χ3v) is 3.55. The molecule has 1 aromatic carbocycles. The Hall–Kier alpha value is -1.85. The van der Waals surface area contributed by atoms with Gasteiger partial charge in [0.15, 0.2) is 0 Å². The zero-order valence-corrected chi connectivity index (χ0v) is 14.2. The topological polar surface area (TPSA) is 53.1 Å². The zero-order chi connectivity index (χ0) is 16.1. The molecule has 22 heavy (non-hydrogen) atoms. The highest BCUT2D eigenvalue weighted by Crippen LogP contribution is 2.23. The van der Waals surface area contributed by atoms with Crippen LogP contribution in [0.4, 0.5) is 17.3 Å². The molecule has 2 N–H and O–H groups in total. The second kappa shape index (κ2) is 7.42. The molecule has 118 valence electrons. The Kier molecular flexibility index (Phi) is 5.57. The number of halogens is 1. The van der Waals surface area contributed by atoms with Gasteiger partial charge in [0, 0.05) is 29.9 Å². The normalized spacial score (nSPS) is 10.8. The molecule has 5 nitrogen and oxygen atoms in total. The summed E-state index contributed by atoms with van der Waals surface area (Å²) >= 11 is 6.15. The first-order valence-electron chi connectivity index (χ1n) is 7.21. The number of aromatic nitrogens is 2. The van der Waals surface area contributed by atoms with Crippen molar-refractivity contribution >= 4 is 28.9 Å². The van der Waals surface area contributed by atoms with E-state index in [0.717, 1.165) is 46.8 Å². The van der Waals surface area contributed by atoms with Gasteiger partial charge in [-0.15, -0.1) is 0 Å². The van der Waals surface area contributed by atoms with E-state index in [2.05, 4.69) is 25.5 Å². The summed E-state index contributed by atoms with van der Waals surface area (Å²) < 4.78 is 0. The molecule has 1 aromatic heterocycles. The second-order valence-electron chi connectivity index (χ2n) is 5.50. The highest BCUT2D eigenvalue weighted by molar-refractivity contribution is 6.31. The first kappa shape index (κ1) is 16.5. The van der Waals surface area contributed by atoms with Crippen LogP contribution in [0.15, 0.2) is 24.3 Å². The number of aryl methyl sites for hydroxylation is 2. The van der Waals surface area contributed by atoms with Gasteiger partial charge in [0.25, 0.3) is 0 Å². The summed E-state index contributed by atoms with van der Waals surface area (Å²) in [5.74, 6) is 2.28. The largest absolute Gasteiger partial charge is 0.369 e. The number of likely N-dealkylation sites (N-methyl/N-ethyl adjacent to an activating group) is 1. The van der Waals surface area contributed by atoms with Crippen LogP contribution in [0.25, 0.3) is 0 Å². The molecule has 0 aliphatic rings. The standard InChI is InChI=1S/C16H22ClN5/c1-11-5-6-13(9-14(11)17)21-16-10-15(19-12(2)20-16)18-7-8-22(3)4/h5-6,9-10H,7-8H2,1-4H3,(H2,18,19,20,21). The van der Waals surface area contributed by atoms with Crippen LogP contribution in [0.2, 0.25) is 5.02 Å². The molecule has 0 aliphatic carbocycles. The lowest BCUT2D eigenvalue weighted by Gasteiger charge is -2.13. The number of rotatable bonds is 6. The van der Waals surface area contributed by atoms with Gasteiger partial charge in [0.05, 0.1) is 0 Å². The Balaban J connectivity index is 2.10. The highest BCUT2D eigenvalue weighted by atomic mass is 35.5. The summed E-state index contributed by atoms with van der Waals surface area (Å²) in [5, 5.41) is 7.31. The van der Waals surface area contributed by atoms with Crippen molar-refractivity contribution in [2.45, 2.75) is 13.8 Å². The fourth-order valence-corrected chi connectivity index (χ4v) is 2.13. The van der Waals surface area contributed by atoms with Crippen molar-refractivity contribution in [1.82, 2.24) is 14.9 Å². The quantitative estimate of drug-likeness (QED) is 0.854. The van der Waals surface area contributed by atoms with Crippen LogP contribution in [0, 0.1) is 13.8 Å². The van der Waals surface area contributed by atoms with Gasteiger partial charge in [-0.25, -0.2) is 9.97 Å². The van der Waals surface area contributed by atoms with E-state index in [9.17, 15) is 0 Å². The fraction of sp³-hybridized carbons (Fsp3) is 0.375. The number of anilines is 3. The highest BCUT2D eigenvalue weighted by Gasteiger charge is 2.04. The summed E-state index contributed by atoms with van der Waals surface area (Å²) in [4.78, 5) is 10.9. The lowest BCUT2D eigenvalue weighted by atomic mass is 10.2. The van der Waals surface area contributed by atoms with E-state index in [1.165, 1.54) is 0 Å². The maximum atomic E-state index is 6.15. The SMILES string of the molecule is Cc1nc(NCCN(C)C)cc(Nc2ccc(C)c(Cl)c2)n1. The van der Waals surface area contributed by atoms with Crippen molar-refractivity contribution in [1.29, 1.82) is 0 Å². The number of nitrogens with zero attached hydrogens (tertiary/aromatic N) is 3. The molecule has 0 saturated heterocycles. The van der Waals surface area contributed by atoms with Crippen molar-refractivity contribution in [3.05, 3.63) is 40.7 Å². The van der Waals surface area contributed by atoms with E-state index in [1.807, 2.05) is 52.2 Å². The van der Waals surface area contributed by atoms with Gasteiger partial charge in [-0.1, -0.05) is 17.7 Å². The van der Waals surface area contributed by atoms with Gasteiger partial charge in [0.2, 0.25) is 0 Å².